The lowest BCUT2D eigenvalue weighted by Gasteiger charge is -2.21. The Labute approximate surface area is 188 Å². The van der Waals surface area contributed by atoms with Crippen molar-refractivity contribution in [1.82, 2.24) is 15.3 Å². The molecule has 33 heavy (non-hydrogen) atoms. The van der Waals surface area contributed by atoms with Crippen LogP contribution in [0.15, 0.2) is 47.5 Å². The van der Waals surface area contributed by atoms with Crippen LogP contribution in [-0.2, 0) is 19.1 Å². The molecule has 5 rings (SSSR count). The van der Waals surface area contributed by atoms with Gasteiger partial charge in [0.1, 0.15) is 17.5 Å². The first kappa shape index (κ1) is 21.5. The van der Waals surface area contributed by atoms with Crippen molar-refractivity contribution in [3.8, 4) is 11.4 Å². The fraction of sp³-hybridized carbons (Fsp3) is 0.292. The van der Waals surface area contributed by atoms with Crippen LogP contribution >= 0.6 is 0 Å². The first-order chi connectivity index (χ1) is 15.8. The molecule has 2 aliphatic rings. The number of benzene rings is 2. The topological polar surface area (TPSA) is 62.2 Å². The zero-order valence-electron chi connectivity index (χ0n) is 17.8. The van der Waals surface area contributed by atoms with Crippen molar-refractivity contribution in [2.75, 3.05) is 11.9 Å². The van der Waals surface area contributed by atoms with Gasteiger partial charge in [-0.15, -0.1) is 0 Å². The quantitative estimate of drug-likeness (QED) is 0.528. The SMILES string of the molecule is CCC1N=C(Nc2nc(-c3ccccc3C(F)(F)F)nc3c2CCNC3)c2cc(F)ccc21. The molecule has 2 aliphatic heterocycles. The van der Waals surface area contributed by atoms with Crippen LogP contribution in [0.4, 0.5) is 23.4 Å². The second kappa shape index (κ2) is 8.22. The number of halogens is 4. The smallest absolute Gasteiger partial charge is 0.324 e. The Balaban J connectivity index is 1.62. The summed E-state index contributed by atoms with van der Waals surface area (Å²) >= 11 is 0. The van der Waals surface area contributed by atoms with Crippen molar-refractivity contribution in [1.29, 1.82) is 0 Å². The second-order valence-corrected chi connectivity index (χ2v) is 8.05. The van der Waals surface area contributed by atoms with Gasteiger partial charge in [-0.2, -0.15) is 13.2 Å². The van der Waals surface area contributed by atoms with Gasteiger partial charge in [-0.25, -0.2) is 14.4 Å². The Morgan fingerprint density at radius 2 is 1.91 bits per heavy atom. The largest absolute Gasteiger partial charge is 0.417 e. The predicted molar refractivity (Wildman–Crippen MR) is 117 cm³/mol. The highest BCUT2D eigenvalue weighted by molar-refractivity contribution is 6.11. The molecule has 0 aliphatic carbocycles. The third-order valence-corrected chi connectivity index (χ3v) is 5.95. The Bertz CT molecular complexity index is 1250. The van der Waals surface area contributed by atoms with Crippen LogP contribution in [0.1, 0.15) is 47.3 Å². The summed E-state index contributed by atoms with van der Waals surface area (Å²) in [7, 11) is 0. The number of fused-ring (bicyclic) bond motifs is 2. The maximum absolute atomic E-state index is 14.0. The molecular weight excluding hydrogens is 434 g/mol. The molecule has 1 atom stereocenters. The van der Waals surface area contributed by atoms with Gasteiger partial charge in [-0.1, -0.05) is 31.2 Å². The highest BCUT2D eigenvalue weighted by Gasteiger charge is 2.35. The minimum absolute atomic E-state index is 0.0158. The molecule has 0 amide bonds. The van der Waals surface area contributed by atoms with E-state index in [2.05, 4.69) is 20.6 Å². The van der Waals surface area contributed by atoms with Crippen LogP contribution < -0.4 is 10.6 Å². The molecule has 0 saturated heterocycles. The highest BCUT2D eigenvalue weighted by atomic mass is 19.4. The minimum Gasteiger partial charge on any atom is -0.324 e. The summed E-state index contributed by atoms with van der Waals surface area (Å²) in [5.41, 5.74) is 2.12. The monoisotopic (exact) mass is 455 g/mol. The number of aromatic nitrogens is 2. The van der Waals surface area contributed by atoms with Crippen LogP contribution in [-0.4, -0.2) is 22.3 Å². The van der Waals surface area contributed by atoms with Gasteiger partial charge >= 0.3 is 6.18 Å². The summed E-state index contributed by atoms with van der Waals surface area (Å²) < 4.78 is 54.9. The summed E-state index contributed by atoms with van der Waals surface area (Å²) in [5, 5.41) is 6.41. The average molecular weight is 455 g/mol. The van der Waals surface area contributed by atoms with Crippen molar-refractivity contribution >= 4 is 11.7 Å². The summed E-state index contributed by atoms with van der Waals surface area (Å²) in [6, 6.07) is 9.70. The van der Waals surface area contributed by atoms with Gasteiger partial charge in [-0.05, 0) is 43.1 Å². The van der Waals surface area contributed by atoms with Crippen LogP contribution in [0.5, 0.6) is 0 Å². The van der Waals surface area contributed by atoms with E-state index in [1.54, 1.807) is 6.07 Å². The molecular formula is C24H21F4N5. The number of aliphatic imine (C=N–C) groups is 1. The molecule has 0 spiro atoms. The lowest BCUT2D eigenvalue weighted by molar-refractivity contribution is -0.137. The number of anilines is 1. The van der Waals surface area contributed by atoms with E-state index in [1.165, 1.54) is 30.3 Å². The number of nitrogens with zero attached hydrogens (tertiary/aromatic N) is 3. The van der Waals surface area contributed by atoms with Crippen molar-refractivity contribution in [3.63, 3.8) is 0 Å². The third-order valence-electron chi connectivity index (χ3n) is 5.95. The van der Waals surface area contributed by atoms with Gasteiger partial charge in [-0.3, -0.25) is 4.99 Å². The van der Waals surface area contributed by atoms with Crippen LogP contribution in [0.2, 0.25) is 0 Å². The molecule has 5 nitrogen and oxygen atoms in total. The van der Waals surface area contributed by atoms with E-state index in [1.807, 2.05) is 6.92 Å². The highest BCUT2D eigenvalue weighted by Crippen LogP contribution is 2.37. The fourth-order valence-electron chi connectivity index (χ4n) is 4.35. The molecule has 2 aromatic carbocycles. The maximum atomic E-state index is 14.0. The number of alkyl halides is 3. The third kappa shape index (κ3) is 3.97. The molecule has 3 aromatic rings. The van der Waals surface area contributed by atoms with Gasteiger partial charge in [0.05, 0.1) is 17.3 Å². The van der Waals surface area contributed by atoms with Crippen molar-refractivity contribution in [2.45, 2.75) is 38.5 Å². The number of nitrogens with one attached hydrogen (secondary N) is 2. The molecule has 0 saturated carbocycles. The molecule has 170 valence electrons. The Morgan fingerprint density at radius 3 is 2.70 bits per heavy atom. The molecule has 3 heterocycles. The summed E-state index contributed by atoms with van der Waals surface area (Å²) in [4.78, 5) is 13.7. The van der Waals surface area contributed by atoms with E-state index in [0.717, 1.165) is 23.6 Å². The van der Waals surface area contributed by atoms with Crippen molar-refractivity contribution in [2.24, 2.45) is 4.99 Å². The predicted octanol–water partition coefficient (Wildman–Crippen LogP) is 5.27. The minimum atomic E-state index is -4.54. The summed E-state index contributed by atoms with van der Waals surface area (Å²) in [6.07, 6.45) is -3.19. The lowest BCUT2D eigenvalue weighted by Crippen LogP contribution is -2.27. The molecule has 0 bridgehead atoms. The van der Waals surface area contributed by atoms with E-state index < -0.39 is 11.7 Å². The van der Waals surface area contributed by atoms with E-state index >= 15 is 0 Å². The van der Waals surface area contributed by atoms with Crippen molar-refractivity contribution < 1.29 is 17.6 Å². The first-order valence-corrected chi connectivity index (χ1v) is 10.8. The Kier molecular flexibility index (Phi) is 5.36. The first-order valence-electron chi connectivity index (χ1n) is 10.8. The van der Waals surface area contributed by atoms with Gasteiger partial charge in [0, 0.05) is 23.2 Å². The van der Waals surface area contributed by atoms with Gasteiger partial charge in [0.15, 0.2) is 5.82 Å². The summed E-state index contributed by atoms with van der Waals surface area (Å²) in [6.45, 7) is 3.11. The van der Waals surface area contributed by atoms with E-state index in [4.69, 9.17) is 4.99 Å². The van der Waals surface area contributed by atoms with Crippen LogP contribution in [0.3, 0.4) is 0 Å². The Hall–Kier alpha value is -3.33. The number of amidine groups is 1. The normalized spacial score (nSPS) is 17.4. The van der Waals surface area contributed by atoms with Gasteiger partial charge in [0.2, 0.25) is 0 Å². The van der Waals surface area contributed by atoms with E-state index in [0.29, 0.717) is 42.4 Å². The fourth-order valence-corrected chi connectivity index (χ4v) is 4.35. The van der Waals surface area contributed by atoms with Gasteiger partial charge in [0.25, 0.3) is 0 Å². The van der Waals surface area contributed by atoms with E-state index in [-0.39, 0.29) is 23.2 Å². The molecule has 0 radical (unpaired) electrons. The molecule has 1 aromatic heterocycles. The van der Waals surface area contributed by atoms with Crippen LogP contribution in [0, 0.1) is 5.82 Å². The average Bonchev–Trinajstić information content (AvgIpc) is 3.15. The lowest BCUT2D eigenvalue weighted by atomic mass is 10.0. The molecule has 2 N–H and O–H groups in total. The molecule has 9 heteroatoms. The number of rotatable bonds is 3. The number of hydrogen-bond donors (Lipinski definition) is 2. The Morgan fingerprint density at radius 1 is 1.09 bits per heavy atom. The number of hydrogen-bond acceptors (Lipinski definition) is 5. The molecule has 0 fully saturated rings. The van der Waals surface area contributed by atoms with Gasteiger partial charge < -0.3 is 10.6 Å². The zero-order chi connectivity index (χ0) is 23.2. The standard InChI is InChI=1S/C24H21F4N5/c1-2-19-14-8-7-13(25)11-17(14)23(30-19)33-22-16-9-10-29-12-20(16)31-21(32-22)15-5-3-4-6-18(15)24(26,27)28/h3-8,11,19,29H,2,9-10,12H2,1H3,(H,30,31,32,33). The van der Waals surface area contributed by atoms with Crippen LogP contribution in [0.25, 0.3) is 11.4 Å². The molecule has 1 unspecified atom stereocenters. The second-order valence-electron chi connectivity index (χ2n) is 8.05. The zero-order valence-corrected chi connectivity index (χ0v) is 17.8. The summed E-state index contributed by atoms with van der Waals surface area (Å²) in [5.74, 6) is 0.469. The maximum Gasteiger partial charge on any atom is 0.417 e. The van der Waals surface area contributed by atoms with Crippen molar-refractivity contribution in [3.05, 3.63) is 76.2 Å². The van der Waals surface area contributed by atoms with E-state index in [9.17, 15) is 17.6 Å².